The van der Waals surface area contributed by atoms with Gasteiger partial charge in [0.05, 0.1) is 0 Å². The summed E-state index contributed by atoms with van der Waals surface area (Å²) in [5, 5.41) is 6.85. The average molecular weight is 542 g/mol. The van der Waals surface area contributed by atoms with Gasteiger partial charge in [0.1, 0.15) is 0 Å². The third-order valence-electron chi connectivity index (χ3n) is 6.54. The fraction of sp³-hybridized carbons (Fsp3) is 0.667. The van der Waals surface area contributed by atoms with Gasteiger partial charge < -0.3 is 20.4 Å². The van der Waals surface area contributed by atoms with E-state index < -0.39 is 0 Å². The minimum Gasteiger partial charge on any atom is -0.356 e. The second-order valence-electron chi connectivity index (χ2n) is 8.80. The van der Waals surface area contributed by atoms with Gasteiger partial charge in [0.15, 0.2) is 5.96 Å². The number of carbonyl (C=O) groups excluding carboxylic acids is 1. The molecule has 1 aromatic carbocycles. The molecule has 1 saturated heterocycles. The van der Waals surface area contributed by atoms with Crippen molar-refractivity contribution in [2.24, 2.45) is 10.9 Å². The number of nitrogens with one attached hydrogen (secondary N) is 2. The van der Waals surface area contributed by atoms with E-state index in [9.17, 15) is 4.79 Å². The van der Waals surface area contributed by atoms with Crippen LogP contribution >= 0.6 is 24.0 Å². The highest BCUT2D eigenvalue weighted by molar-refractivity contribution is 14.0. The van der Waals surface area contributed by atoms with Crippen LogP contribution in [0.15, 0.2) is 35.3 Å². The Hall–Kier alpha value is -1.35. The molecule has 174 valence electrons. The first-order chi connectivity index (χ1) is 14.7. The molecule has 0 radical (unpaired) electrons. The third-order valence-corrected chi connectivity index (χ3v) is 6.54. The largest absolute Gasteiger partial charge is 0.356 e. The summed E-state index contributed by atoms with van der Waals surface area (Å²) in [6.45, 7) is 4.34. The number of guanidine groups is 1. The molecule has 6 nitrogen and oxygen atoms in total. The lowest BCUT2D eigenvalue weighted by molar-refractivity contribution is -0.127. The van der Waals surface area contributed by atoms with Crippen molar-refractivity contribution in [2.75, 3.05) is 46.8 Å². The minimum absolute atomic E-state index is 0. The zero-order valence-electron chi connectivity index (χ0n) is 19.2. The van der Waals surface area contributed by atoms with Crippen molar-refractivity contribution >= 4 is 35.8 Å². The van der Waals surface area contributed by atoms with Crippen LogP contribution in [0.2, 0.25) is 0 Å². The lowest BCUT2D eigenvalue weighted by Gasteiger charge is -2.31. The first-order valence-corrected chi connectivity index (χ1v) is 11.6. The van der Waals surface area contributed by atoms with Gasteiger partial charge >= 0.3 is 0 Å². The molecule has 0 bridgehead atoms. The lowest BCUT2D eigenvalue weighted by atomic mass is 9.94. The number of amides is 1. The summed E-state index contributed by atoms with van der Waals surface area (Å²) in [7, 11) is 4.05. The van der Waals surface area contributed by atoms with Crippen LogP contribution in [-0.4, -0.2) is 74.5 Å². The summed E-state index contributed by atoms with van der Waals surface area (Å²) in [4.78, 5) is 21.2. The van der Waals surface area contributed by atoms with Crippen molar-refractivity contribution in [3.8, 4) is 0 Å². The number of nitrogens with zero attached hydrogens (tertiary/aromatic N) is 3. The summed E-state index contributed by atoms with van der Waals surface area (Å²) in [6, 6.07) is 11.1. The Balaban J connectivity index is 0.00000341. The Morgan fingerprint density at radius 2 is 1.90 bits per heavy atom. The molecule has 1 unspecified atom stereocenters. The molecule has 1 aliphatic carbocycles. The normalized spacial score (nSPS) is 20.1. The molecule has 7 heteroatoms. The van der Waals surface area contributed by atoms with Crippen molar-refractivity contribution in [3.63, 3.8) is 0 Å². The molecule has 2 fully saturated rings. The number of hydrogen-bond donors (Lipinski definition) is 2. The number of rotatable bonds is 9. The maximum atomic E-state index is 12.4. The Morgan fingerprint density at radius 3 is 2.61 bits per heavy atom. The van der Waals surface area contributed by atoms with Crippen LogP contribution in [0.3, 0.4) is 0 Å². The first kappa shape index (κ1) is 25.9. The zero-order valence-corrected chi connectivity index (χ0v) is 21.5. The van der Waals surface area contributed by atoms with E-state index in [1.807, 2.05) is 18.0 Å². The van der Waals surface area contributed by atoms with Crippen molar-refractivity contribution in [1.82, 2.24) is 20.4 Å². The van der Waals surface area contributed by atoms with Crippen LogP contribution in [0, 0.1) is 5.92 Å². The molecule has 1 heterocycles. The maximum absolute atomic E-state index is 12.4. The van der Waals surface area contributed by atoms with Gasteiger partial charge in [-0.3, -0.25) is 9.79 Å². The molecule has 1 aliphatic heterocycles. The van der Waals surface area contributed by atoms with Gasteiger partial charge in [-0.2, -0.15) is 0 Å². The minimum atomic E-state index is 0. The molecule has 1 amide bonds. The molecular weight excluding hydrogens is 501 g/mol. The molecule has 1 aromatic rings. The second-order valence-corrected chi connectivity index (χ2v) is 8.80. The highest BCUT2D eigenvalue weighted by Gasteiger charge is 2.29. The van der Waals surface area contributed by atoms with E-state index in [1.165, 1.54) is 37.7 Å². The molecule has 3 rings (SSSR count). The van der Waals surface area contributed by atoms with E-state index in [1.54, 1.807) is 0 Å². The number of benzene rings is 1. The van der Waals surface area contributed by atoms with E-state index in [0.717, 1.165) is 51.1 Å². The smallest absolute Gasteiger partial charge is 0.223 e. The van der Waals surface area contributed by atoms with E-state index in [2.05, 4.69) is 51.8 Å². The lowest BCUT2D eigenvalue weighted by Crippen LogP contribution is -2.44. The number of aliphatic imine (C=N–C) groups is 1. The summed E-state index contributed by atoms with van der Waals surface area (Å²) in [5.41, 5.74) is 1.29. The number of halogens is 1. The second kappa shape index (κ2) is 13.9. The standard InChI is InChI=1S/C24H39N5O.HI/c1-25-24(26-14-16-28(2)22-11-7-4-8-12-22)27-18-21-17-23(30)29(19-21)15-13-20-9-5-3-6-10-20;/h3,5-6,9-10,21-22H,4,7-8,11-19H2,1-2H3,(H2,25,26,27);1H. The van der Waals surface area contributed by atoms with Gasteiger partial charge in [-0.05, 0) is 31.9 Å². The third kappa shape index (κ3) is 8.60. The fourth-order valence-corrected chi connectivity index (χ4v) is 4.63. The van der Waals surface area contributed by atoms with Gasteiger partial charge in [-0.25, -0.2) is 0 Å². The fourth-order valence-electron chi connectivity index (χ4n) is 4.63. The maximum Gasteiger partial charge on any atom is 0.223 e. The van der Waals surface area contributed by atoms with E-state index >= 15 is 0 Å². The molecule has 0 aromatic heterocycles. The molecular formula is C24H40IN5O. The van der Waals surface area contributed by atoms with Gasteiger partial charge in [-0.15, -0.1) is 24.0 Å². The van der Waals surface area contributed by atoms with Crippen molar-refractivity contribution in [2.45, 2.75) is 51.0 Å². The Morgan fingerprint density at radius 1 is 1.16 bits per heavy atom. The van der Waals surface area contributed by atoms with E-state index in [0.29, 0.717) is 12.3 Å². The van der Waals surface area contributed by atoms with Crippen LogP contribution in [0.4, 0.5) is 0 Å². The summed E-state index contributed by atoms with van der Waals surface area (Å²) >= 11 is 0. The molecule has 0 spiro atoms. The van der Waals surface area contributed by atoms with E-state index in [-0.39, 0.29) is 29.9 Å². The Bertz CT molecular complexity index is 678. The SMILES string of the molecule is CN=C(NCCN(C)C1CCCCC1)NCC1CC(=O)N(CCc2ccccc2)C1.I. The molecule has 1 atom stereocenters. The molecule has 31 heavy (non-hydrogen) atoms. The number of likely N-dealkylation sites (tertiary alicyclic amines) is 1. The average Bonchev–Trinajstić information content (AvgIpc) is 3.15. The van der Waals surface area contributed by atoms with Crippen molar-refractivity contribution < 1.29 is 4.79 Å². The van der Waals surface area contributed by atoms with Gasteiger partial charge in [0, 0.05) is 58.2 Å². The van der Waals surface area contributed by atoms with Gasteiger partial charge in [0.2, 0.25) is 5.91 Å². The number of hydrogen-bond acceptors (Lipinski definition) is 3. The molecule has 1 saturated carbocycles. The predicted octanol–water partition coefficient (Wildman–Crippen LogP) is 3.13. The van der Waals surface area contributed by atoms with Crippen molar-refractivity contribution in [3.05, 3.63) is 35.9 Å². The van der Waals surface area contributed by atoms with Crippen LogP contribution < -0.4 is 10.6 Å². The summed E-state index contributed by atoms with van der Waals surface area (Å²) in [5.74, 6) is 1.45. The molecule has 2 N–H and O–H groups in total. The van der Waals surface area contributed by atoms with Gasteiger partial charge in [-0.1, -0.05) is 49.6 Å². The predicted molar refractivity (Wildman–Crippen MR) is 139 cm³/mol. The van der Waals surface area contributed by atoms with Crippen LogP contribution in [0.5, 0.6) is 0 Å². The topological polar surface area (TPSA) is 60.0 Å². The Kier molecular flexibility index (Phi) is 11.6. The van der Waals surface area contributed by atoms with Crippen LogP contribution in [0.25, 0.3) is 0 Å². The van der Waals surface area contributed by atoms with Gasteiger partial charge in [0.25, 0.3) is 0 Å². The zero-order chi connectivity index (χ0) is 21.2. The monoisotopic (exact) mass is 541 g/mol. The number of carbonyl (C=O) groups is 1. The first-order valence-electron chi connectivity index (χ1n) is 11.6. The highest BCUT2D eigenvalue weighted by atomic mass is 127. The van der Waals surface area contributed by atoms with Crippen LogP contribution in [0.1, 0.15) is 44.1 Å². The Labute approximate surface area is 205 Å². The number of likely N-dealkylation sites (N-methyl/N-ethyl adjacent to an activating group) is 1. The summed E-state index contributed by atoms with van der Waals surface area (Å²) < 4.78 is 0. The highest BCUT2D eigenvalue weighted by Crippen LogP contribution is 2.21. The summed E-state index contributed by atoms with van der Waals surface area (Å²) in [6.07, 6.45) is 8.35. The van der Waals surface area contributed by atoms with E-state index in [4.69, 9.17) is 0 Å². The quantitative estimate of drug-likeness (QED) is 0.287. The molecule has 2 aliphatic rings. The van der Waals surface area contributed by atoms with Crippen LogP contribution in [-0.2, 0) is 11.2 Å². The van der Waals surface area contributed by atoms with Crippen molar-refractivity contribution in [1.29, 1.82) is 0 Å².